The van der Waals surface area contributed by atoms with Gasteiger partial charge in [0.2, 0.25) is 15.9 Å². The van der Waals surface area contributed by atoms with Crippen molar-refractivity contribution in [3.8, 4) is 5.75 Å². The van der Waals surface area contributed by atoms with E-state index in [0.717, 1.165) is 36.2 Å². The maximum atomic E-state index is 13.2. The lowest BCUT2D eigenvalue weighted by Gasteiger charge is -2.24. The topological polar surface area (TPSA) is 75.7 Å². The number of carbonyl (C=O) groups is 1. The van der Waals surface area contributed by atoms with Crippen LogP contribution in [0.5, 0.6) is 5.75 Å². The normalized spacial score (nSPS) is 23.3. The second-order valence-electron chi connectivity index (χ2n) is 8.04. The van der Waals surface area contributed by atoms with Gasteiger partial charge >= 0.3 is 6.36 Å². The van der Waals surface area contributed by atoms with Crippen molar-refractivity contribution < 1.29 is 31.1 Å². The second-order valence-corrected chi connectivity index (χ2v) is 9.88. The lowest BCUT2D eigenvalue weighted by molar-refractivity contribution is -0.274. The zero-order valence-electron chi connectivity index (χ0n) is 17.3. The molecule has 6 nitrogen and oxygen atoms in total. The van der Waals surface area contributed by atoms with Gasteiger partial charge in [-0.05, 0) is 67.6 Å². The number of sulfonamides is 1. The summed E-state index contributed by atoms with van der Waals surface area (Å²) in [7, 11) is -3.97. The van der Waals surface area contributed by atoms with Gasteiger partial charge in [-0.1, -0.05) is 19.1 Å². The summed E-state index contributed by atoms with van der Waals surface area (Å²) in [5.74, 6) is -1.20. The van der Waals surface area contributed by atoms with Crippen LogP contribution in [-0.4, -0.2) is 37.1 Å². The Morgan fingerprint density at radius 2 is 1.88 bits per heavy atom. The van der Waals surface area contributed by atoms with Crippen LogP contribution in [0.3, 0.4) is 0 Å². The highest BCUT2D eigenvalue weighted by molar-refractivity contribution is 7.89. The van der Waals surface area contributed by atoms with Gasteiger partial charge in [0.1, 0.15) is 5.75 Å². The van der Waals surface area contributed by atoms with Gasteiger partial charge in [-0.2, -0.15) is 4.31 Å². The molecule has 0 radical (unpaired) electrons. The summed E-state index contributed by atoms with van der Waals surface area (Å²) in [6.45, 7) is 2.02. The Bertz CT molecular complexity index is 1100. The van der Waals surface area contributed by atoms with E-state index in [1.807, 2.05) is 25.1 Å². The number of alkyl halides is 3. The molecule has 0 spiro atoms. The Balaban J connectivity index is 1.50. The van der Waals surface area contributed by atoms with Crippen molar-refractivity contribution in [2.45, 2.75) is 55.9 Å². The SMILES string of the molecule is CCc1cccc(NC(=O)C2CC3CCC2N3S(=O)(=O)c2ccc(OC(F)(F)F)cc2)c1. The molecule has 2 fully saturated rings. The van der Waals surface area contributed by atoms with Crippen LogP contribution in [0.2, 0.25) is 0 Å². The number of anilines is 1. The van der Waals surface area contributed by atoms with Gasteiger partial charge in [0.15, 0.2) is 0 Å². The number of ether oxygens (including phenoxy) is 1. The number of hydrogen-bond donors (Lipinski definition) is 1. The third-order valence-corrected chi connectivity index (χ3v) is 8.04. The molecule has 2 saturated heterocycles. The lowest BCUT2D eigenvalue weighted by atomic mass is 9.88. The minimum absolute atomic E-state index is 0.124. The van der Waals surface area contributed by atoms with Gasteiger partial charge in [0.25, 0.3) is 0 Å². The van der Waals surface area contributed by atoms with E-state index in [-0.39, 0.29) is 16.8 Å². The summed E-state index contributed by atoms with van der Waals surface area (Å²) in [6.07, 6.45) is -2.40. The third kappa shape index (κ3) is 4.47. The predicted molar refractivity (Wildman–Crippen MR) is 112 cm³/mol. The Morgan fingerprint density at radius 3 is 2.53 bits per heavy atom. The predicted octanol–water partition coefficient (Wildman–Crippen LogP) is 4.33. The molecular weight excluding hydrogens is 445 g/mol. The van der Waals surface area contributed by atoms with Crippen molar-refractivity contribution in [1.29, 1.82) is 0 Å². The Kier molecular flexibility index (Phi) is 5.93. The summed E-state index contributed by atoms with van der Waals surface area (Å²) < 4.78 is 68.7. The average Bonchev–Trinajstić information content (AvgIpc) is 3.32. The summed E-state index contributed by atoms with van der Waals surface area (Å²) in [5, 5.41) is 2.90. The van der Waals surface area contributed by atoms with E-state index in [9.17, 15) is 26.4 Å². The van der Waals surface area contributed by atoms with Crippen LogP contribution < -0.4 is 10.1 Å². The molecule has 3 atom stereocenters. The largest absolute Gasteiger partial charge is 0.573 e. The highest BCUT2D eigenvalue weighted by Gasteiger charge is 2.54. The van der Waals surface area contributed by atoms with Gasteiger partial charge in [0, 0.05) is 17.8 Å². The number of hydrogen-bond acceptors (Lipinski definition) is 4. The number of aryl methyl sites for hydroxylation is 1. The average molecular weight is 468 g/mol. The number of amides is 1. The number of fused-ring (bicyclic) bond motifs is 2. The number of benzene rings is 2. The van der Waals surface area contributed by atoms with Crippen LogP contribution in [0.1, 0.15) is 31.7 Å². The van der Waals surface area contributed by atoms with Crippen molar-refractivity contribution in [1.82, 2.24) is 4.31 Å². The standard InChI is InChI=1S/C22H23F3N2O4S/c1-2-14-4-3-5-15(12-14)26-21(28)19-13-16-6-11-20(19)27(16)32(29,30)18-9-7-17(8-10-18)31-22(23,24)25/h3-5,7-10,12,16,19-20H,2,6,11,13H2,1H3,(H,26,28). The van der Waals surface area contributed by atoms with E-state index < -0.39 is 34.1 Å². The second kappa shape index (κ2) is 8.40. The minimum Gasteiger partial charge on any atom is -0.406 e. The minimum atomic E-state index is -4.86. The molecule has 0 aromatic heterocycles. The van der Waals surface area contributed by atoms with E-state index in [0.29, 0.717) is 24.9 Å². The highest BCUT2D eigenvalue weighted by atomic mass is 32.2. The Labute approximate surface area is 184 Å². The van der Waals surface area contributed by atoms with E-state index >= 15 is 0 Å². The molecule has 2 aliphatic heterocycles. The maximum absolute atomic E-state index is 13.2. The number of rotatable bonds is 6. The van der Waals surface area contributed by atoms with Crippen molar-refractivity contribution in [3.63, 3.8) is 0 Å². The van der Waals surface area contributed by atoms with Crippen LogP contribution >= 0.6 is 0 Å². The fraction of sp³-hybridized carbons (Fsp3) is 0.409. The molecule has 2 bridgehead atoms. The lowest BCUT2D eigenvalue weighted by Crippen LogP contribution is -2.39. The van der Waals surface area contributed by atoms with Crippen LogP contribution in [0.25, 0.3) is 0 Å². The number of nitrogens with zero attached hydrogens (tertiary/aromatic N) is 1. The Hall–Kier alpha value is -2.59. The van der Waals surface area contributed by atoms with Crippen LogP contribution in [0.15, 0.2) is 53.4 Å². The maximum Gasteiger partial charge on any atom is 0.573 e. The zero-order chi connectivity index (χ0) is 23.1. The smallest absolute Gasteiger partial charge is 0.406 e. The first kappa shape index (κ1) is 22.6. The number of carbonyl (C=O) groups excluding carboxylic acids is 1. The van der Waals surface area contributed by atoms with Crippen molar-refractivity contribution in [2.75, 3.05) is 5.32 Å². The molecule has 2 heterocycles. The first-order valence-electron chi connectivity index (χ1n) is 10.4. The van der Waals surface area contributed by atoms with Crippen molar-refractivity contribution in [2.24, 2.45) is 5.92 Å². The van der Waals surface area contributed by atoms with Crippen molar-refractivity contribution in [3.05, 3.63) is 54.1 Å². The molecule has 2 aliphatic rings. The summed E-state index contributed by atoms with van der Waals surface area (Å²) in [4.78, 5) is 12.8. The molecule has 2 aromatic rings. The molecule has 3 unspecified atom stereocenters. The molecule has 0 aliphatic carbocycles. The molecule has 32 heavy (non-hydrogen) atoms. The van der Waals surface area contributed by atoms with Crippen molar-refractivity contribution >= 4 is 21.6 Å². The first-order valence-corrected chi connectivity index (χ1v) is 11.8. The zero-order valence-corrected chi connectivity index (χ0v) is 18.1. The number of halogens is 3. The summed E-state index contributed by atoms with van der Waals surface area (Å²) in [5.41, 5.74) is 1.75. The Morgan fingerprint density at radius 1 is 1.16 bits per heavy atom. The van der Waals surface area contributed by atoms with Gasteiger partial charge in [0.05, 0.1) is 10.8 Å². The van der Waals surface area contributed by atoms with Gasteiger partial charge in [-0.25, -0.2) is 8.42 Å². The molecule has 1 N–H and O–H groups in total. The van der Waals surface area contributed by atoms with Crippen LogP contribution in [0.4, 0.5) is 18.9 Å². The molecule has 4 rings (SSSR count). The first-order chi connectivity index (χ1) is 15.1. The van der Waals surface area contributed by atoms with Crippen LogP contribution in [0, 0.1) is 5.92 Å². The molecule has 10 heteroatoms. The van der Waals surface area contributed by atoms with Gasteiger partial charge in [-0.15, -0.1) is 13.2 Å². The molecule has 1 amide bonds. The van der Waals surface area contributed by atoms with Gasteiger partial charge in [-0.3, -0.25) is 4.79 Å². The van der Waals surface area contributed by atoms with Crippen LogP contribution in [-0.2, 0) is 21.2 Å². The third-order valence-electron chi connectivity index (χ3n) is 6.05. The van der Waals surface area contributed by atoms with E-state index in [1.165, 1.54) is 4.31 Å². The molecular formula is C22H23F3N2O4S. The number of nitrogens with one attached hydrogen (secondary N) is 1. The molecule has 0 saturated carbocycles. The quantitative estimate of drug-likeness (QED) is 0.685. The fourth-order valence-electron chi connectivity index (χ4n) is 4.63. The molecule has 2 aromatic carbocycles. The fourth-order valence-corrected chi connectivity index (χ4v) is 6.55. The highest BCUT2D eigenvalue weighted by Crippen LogP contribution is 2.45. The van der Waals surface area contributed by atoms with E-state index in [4.69, 9.17) is 0 Å². The van der Waals surface area contributed by atoms with E-state index in [2.05, 4.69) is 10.1 Å². The monoisotopic (exact) mass is 468 g/mol. The molecule has 172 valence electrons. The summed E-state index contributed by atoms with van der Waals surface area (Å²) >= 11 is 0. The summed E-state index contributed by atoms with van der Waals surface area (Å²) in [6, 6.07) is 10.9. The van der Waals surface area contributed by atoms with E-state index in [1.54, 1.807) is 6.07 Å². The van der Waals surface area contributed by atoms with Gasteiger partial charge < -0.3 is 10.1 Å².